The summed E-state index contributed by atoms with van der Waals surface area (Å²) in [5, 5.41) is 16.4. The third kappa shape index (κ3) is 7.66. The highest BCUT2D eigenvalue weighted by Gasteiger charge is 2.30. The highest BCUT2D eigenvalue weighted by Crippen LogP contribution is 2.29. The van der Waals surface area contributed by atoms with E-state index in [4.69, 9.17) is 0 Å². The first-order valence-electron chi connectivity index (χ1n) is 10.5. The molecule has 2 aliphatic rings. The quantitative estimate of drug-likeness (QED) is 0.384. The van der Waals surface area contributed by atoms with Crippen molar-refractivity contribution in [1.82, 2.24) is 20.4 Å². The number of alkyl halides is 3. The van der Waals surface area contributed by atoms with Crippen LogP contribution in [0.3, 0.4) is 0 Å². The lowest BCUT2D eigenvalue weighted by molar-refractivity contribution is -0.404. The lowest BCUT2D eigenvalue weighted by Gasteiger charge is -2.17. The summed E-state index contributed by atoms with van der Waals surface area (Å²) in [6.45, 7) is 4.74. The Bertz CT molecular complexity index is 987. The van der Waals surface area contributed by atoms with Gasteiger partial charge in [0.05, 0.1) is 10.5 Å². The van der Waals surface area contributed by atoms with Crippen LogP contribution in [0.1, 0.15) is 16.7 Å². The Morgan fingerprint density at radius 1 is 0.971 bits per heavy atom. The average molecular weight is 485 g/mol. The molecule has 0 amide bonds. The number of rotatable bonds is 5. The molecule has 0 unspecified atom stereocenters. The zero-order valence-electron chi connectivity index (χ0n) is 18.1. The molecular formula is C22H24F5N5O2. The minimum Gasteiger partial charge on any atom is -0.365 e. The van der Waals surface area contributed by atoms with Gasteiger partial charge in [0.25, 0.3) is 6.20 Å². The van der Waals surface area contributed by atoms with Gasteiger partial charge in [0.1, 0.15) is 11.6 Å². The third-order valence-corrected chi connectivity index (χ3v) is 5.18. The fourth-order valence-electron chi connectivity index (χ4n) is 3.61. The highest BCUT2D eigenvalue weighted by molar-refractivity contribution is 5.24. The van der Waals surface area contributed by atoms with Crippen LogP contribution >= 0.6 is 0 Å². The van der Waals surface area contributed by atoms with Crippen LogP contribution < -0.4 is 10.6 Å². The van der Waals surface area contributed by atoms with Crippen LogP contribution in [0.25, 0.3) is 0 Å². The summed E-state index contributed by atoms with van der Waals surface area (Å²) in [5.74, 6) is -0.960. The Hall–Kier alpha value is -3.25. The van der Waals surface area contributed by atoms with Gasteiger partial charge in [-0.05, 0) is 35.4 Å². The van der Waals surface area contributed by atoms with Crippen molar-refractivity contribution < 1.29 is 26.9 Å². The number of hydrogen-bond acceptors (Lipinski definition) is 6. The predicted octanol–water partition coefficient (Wildman–Crippen LogP) is 3.51. The molecule has 0 saturated carbocycles. The van der Waals surface area contributed by atoms with Gasteiger partial charge in [-0.25, -0.2) is 8.78 Å². The second-order valence-corrected chi connectivity index (χ2v) is 7.83. The first kappa shape index (κ1) is 25.4. The molecule has 2 saturated heterocycles. The largest absolute Gasteiger partial charge is 0.416 e. The maximum Gasteiger partial charge on any atom is 0.416 e. The molecule has 2 heterocycles. The Morgan fingerprint density at radius 2 is 1.65 bits per heavy atom. The fourth-order valence-corrected chi connectivity index (χ4v) is 3.61. The van der Waals surface area contributed by atoms with Crippen LogP contribution in [0.2, 0.25) is 0 Å². The number of benzene rings is 2. The molecule has 0 atom stereocenters. The number of nitro groups is 1. The Balaban J connectivity index is 0.000000192. The topological polar surface area (TPSA) is 73.7 Å². The van der Waals surface area contributed by atoms with Crippen molar-refractivity contribution in [3.63, 3.8) is 0 Å². The van der Waals surface area contributed by atoms with Gasteiger partial charge in [-0.3, -0.25) is 15.0 Å². The Morgan fingerprint density at radius 3 is 2.21 bits per heavy atom. The van der Waals surface area contributed by atoms with E-state index in [0.29, 0.717) is 31.0 Å². The minimum atomic E-state index is -4.24. The number of hydrogen-bond donors (Lipinski definition) is 2. The lowest BCUT2D eigenvalue weighted by Crippen LogP contribution is -2.21. The van der Waals surface area contributed by atoms with Crippen molar-refractivity contribution >= 4 is 0 Å². The standard InChI is InChI=1S/C11H13F3N2.C11H11F2N3O2/c12-11(13,14)10-3-1-9(2-4-10)7-16-6-5-15-8-16;12-9-3-8(4-10(13)5-9)6-15-2-1-14-11(15)7-16(17)18/h1-4,15H,5-8H2;3-5,7,14H,1-2,6H2. The third-order valence-electron chi connectivity index (χ3n) is 5.18. The smallest absolute Gasteiger partial charge is 0.365 e. The van der Waals surface area contributed by atoms with Gasteiger partial charge in [0.2, 0.25) is 0 Å². The van der Waals surface area contributed by atoms with E-state index in [-0.39, 0.29) is 6.54 Å². The van der Waals surface area contributed by atoms with Gasteiger partial charge >= 0.3 is 6.18 Å². The molecule has 34 heavy (non-hydrogen) atoms. The maximum atomic E-state index is 13.0. The second kappa shape index (κ2) is 11.3. The first-order chi connectivity index (χ1) is 16.1. The lowest BCUT2D eigenvalue weighted by atomic mass is 10.1. The fraction of sp³-hybridized carbons (Fsp3) is 0.364. The molecule has 0 radical (unpaired) electrons. The molecule has 0 bridgehead atoms. The highest BCUT2D eigenvalue weighted by atomic mass is 19.4. The molecule has 2 fully saturated rings. The van der Waals surface area contributed by atoms with E-state index in [2.05, 4.69) is 15.5 Å². The molecule has 2 aromatic carbocycles. The van der Waals surface area contributed by atoms with E-state index in [1.807, 2.05) is 0 Å². The molecule has 0 aliphatic carbocycles. The van der Waals surface area contributed by atoms with E-state index in [1.54, 1.807) is 17.0 Å². The van der Waals surface area contributed by atoms with Crippen LogP contribution in [0.4, 0.5) is 22.0 Å². The minimum absolute atomic E-state index is 0.224. The molecular weight excluding hydrogens is 461 g/mol. The van der Waals surface area contributed by atoms with Crippen molar-refractivity contribution in [3.8, 4) is 0 Å². The van der Waals surface area contributed by atoms with Crippen LogP contribution in [0, 0.1) is 21.7 Å². The van der Waals surface area contributed by atoms with Crippen LogP contribution in [0.5, 0.6) is 0 Å². The predicted molar refractivity (Wildman–Crippen MR) is 115 cm³/mol. The number of halogens is 5. The molecule has 0 spiro atoms. The molecule has 0 aromatic heterocycles. The van der Waals surface area contributed by atoms with Crippen LogP contribution in [-0.4, -0.2) is 47.6 Å². The second-order valence-electron chi connectivity index (χ2n) is 7.83. The van der Waals surface area contributed by atoms with Crippen molar-refractivity contribution in [3.05, 3.63) is 92.9 Å². The summed E-state index contributed by atoms with van der Waals surface area (Å²) in [5.41, 5.74) is 0.762. The summed E-state index contributed by atoms with van der Waals surface area (Å²) in [6, 6.07) is 8.58. The molecule has 2 N–H and O–H groups in total. The van der Waals surface area contributed by atoms with Gasteiger partial charge < -0.3 is 15.5 Å². The SMILES string of the molecule is FC(F)(F)c1ccc(CN2CCNC2)cc1.O=[N+]([O-])C=C1NCCN1Cc1cc(F)cc(F)c1. The maximum absolute atomic E-state index is 13.0. The number of nitrogens with one attached hydrogen (secondary N) is 2. The van der Waals surface area contributed by atoms with Gasteiger partial charge in [-0.2, -0.15) is 13.2 Å². The van der Waals surface area contributed by atoms with E-state index in [1.165, 1.54) is 12.1 Å². The normalized spacial score (nSPS) is 17.4. The van der Waals surface area contributed by atoms with Crippen LogP contribution in [-0.2, 0) is 19.3 Å². The molecule has 2 aromatic rings. The van der Waals surface area contributed by atoms with Crippen LogP contribution in [0.15, 0.2) is 54.5 Å². The molecule has 4 rings (SSSR count). The number of nitrogens with zero attached hydrogens (tertiary/aromatic N) is 3. The molecule has 2 aliphatic heterocycles. The van der Waals surface area contributed by atoms with Gasteiger partial charge in [0.15, 0.2) is 5.82 Å². The zero-order chi connectivity index (χ0) is 24.7. The van der Waals surface area contributed by atoms with Gasteiger partial charge in [-0.1, -0.05) is 12.1 Å². The summed E-state index contributed by atoms with van der Waals surface area (Å²) in [4.78, 5) is 13.7. The van der Waals surface area contributed by atoms with Crippen molar-refractivity contribution in [2.24, 2.45) is 0 Å². The van der Waals surface area contributed by atoms with Crippen molar-refractivity contribution in [2.75, 3.05) is 32.8 Å². The van der Waals surface area contributed by atoms with E-state index >= 15 is 0 Å². The summed E-state index contributed by atoms with van der Waals surface area (Å²) < 4.78 is 62.9. The molecule has 12 heteroatoms. The Kier molecular flexibility index (Phi) is 8.40. The summed E-state index contributed by atoms with van der Waals surface area (Å²) in [6.07, 6.45) is -3.39. The molecule has 184 valence electrons. The summed E-state index contributed by atoms with van der Waals surface area (Å²) >= 11 is 0. The monoisotopic (exact) mass is 485 g/mol. The van der Waals surface area contributed by atoms with Gasteiger partial charge in [0, 0.05) is 52.0 Å². The summed E-state index contributed by atoms with van der Waals surface area (Å²) in [7, 11) is 0. The average Bonchev–Trinajstić information content (AvgIpc) is 3.40. The van der Waals surface area contributed by atoms with Crippen molar-refractivity contribution in [1.29, 1.82) is 0 Å². The molecule has 7 nitrogen and oxygen atoms in total. The first-order valence-corrected chi connectivity index (χ1v) is 10.5. The van der Waals surface area contributed by atoms with Gasteiger partial charge in [-0.15, -0.1) is 0 Å². The van der Waals surface area contributed by atoms with E-state index in [9.17, 15) is 32.1 Å². The van der Waals surface area contributed by atoms with E-state index in [0.717, 1.165) is 49.7 Å². The zero-order valence-corrected chi connectivity index (χ0v) is 18.1. The Labute approximate surface area is 193 Å². The van der Waals surface area contributed by atoms with E-state index < -0.39 is 28.3 Å². The van der Waals surface area contributed by atoms with Crippen molar-refractivity contribution in [2.45, 2.75) is 19.3 Å².